The lowest BCUT2D eigenvalue weighted by Gasteiger charge is -2.04. The van der Waals surface area contributed by atoms with Gasteiger partial charge in [-0.1, -0.05) is 36.7 Å². The van der Waals surface area contributed by atoms with Gasteiger partial charge in [-0.15, -0.1) is 0 Å². The number of imidazole rings is 1. The number of amides is 1. The van der Waals surface area contributed by atoms with E-state index in [0.717, 1.165) is 17.8 Å². The van der Waals surface area contributed by atoms with Crippen LogP contribution in [0.1, 0.15) is 18.2 Å². The van der Waals surface area contributed by atoms with E-state index in [9.17, 15) is 4.79 Å². The molecule has 1 aromatic carbocycles. The number of nitrogens with zero attached hydrogens (tertiary/aromatic N) is 2. The fourth-order valence-electron chi connectivity index (χ4n) is 2.34. The number of hydrogen-bond donors (Lipinski definition) is 1. The molecule has 5 heteroatoms. The Kier molecular flexibility index (Phi) is 4.44. The zero-order valence-electron chi connectivity index (χ0n) is 12.7. The van der Waals surface area contributed by atoms with Crippen LogP contribution in [0.2, 0.25) is 5.15 Å². The molecule has 0 aliphatic rings. The Balaban J connectivity index is 1.78. The molecule has 0 radical (unpaired) electrons. The second-order valence-corrected chi connectivity index (χ2v) is 5.45. The summed E-state index contributed by atoms with van der Waals surface area (Å²) in [6, 6.07) is 13.4. The Bertz CT molecular complexity index is 883. The molecule has 2 heterocycles. The molecule has 3 rings (SSSR count). The number of halogens is 1. The maximum absolute atomic E-state index is 12.1. The second kappa shape index (κ2) is 6.67. The molecule has 1 N–H and O–H groups in total. The van der Waals surface area contributed by atoms with Crippen molar-refractivity contribution in [3.05, 3.63) is 71.1 Å². The number of aromatic nitrogens is 2. The zero-order valence-corrected chi connectivity index (χ0v) is 13.4. The maximum atomic E-state index is 12.1. The molecule has 116 valence electrons. The van der Waals surface area contributed by atoms with E-state index in [4.69, 9.17) is 11.6 Å². The summed E-state index contributed by atoms with van der Waals surface area (Å²) in [6.07, 6.45) is 5.91. The van der Waals surface area contributed by atoms with Crippen molar-refractivity contribution in [3.63, 3.8) is 0 Å². The Labute approximate surface area is 139 Å². The third-order valence-electron chi connectivity index (χ3n) is 3.52. The van der Waals surface area contributed by atoms with Crippen molar-refractivity contribution in [1.82, 2.24) is 9.38 Å². The summed E-state index contributed by atoms with van der Waals surface area (Å²) in [7, 11) is 0. The molecule has 0 fully saturated rings. The summed E-state index contributed by atoms with van der Waals surface area (Å²) in [6.45, 7) is 2.08. The van der Waals surface area contributed by atoms with E-state index in [1.54, 1.807) is 6.08 Å². The van der Waals surface area contributed by atoms with Crippen LogP contribution < -0.4 is 5.32 Å². The smallest absolute Gasteiger partial charge is 0.248 e. The minimum Gasteiger partial charge on any atom is -0.323 e. The monoisotopic (exact) mass is 325 g/mol. The molecular weight excluding hydrogens is 310 g/mol. The Morgan fingerprint density at radius 3 is 3.00 bits per heavy atom. The predicted octanol–water partition coefficient (Wildman–Crippen LogP) is 4.20. The molecule has 2 aromatic heterocycles. The Morgan fingerprint density at radius 2 is 2.17 bits per heavy atom. The molecule has 0 aliphatic carbocycles. The van der Waals surface area contributed by atoms with Gasteiger partial charge < -0.3 is 5.32 Å². The lowest BCUT2D eigenvalue weighted by Crippen LogP contribution is -2.08. The molecule has 0 spiro atoms. The van der Waals surface area contributed by atoms with Crippen LogP contribution in [0.25, 0.3) is 11.7 Å². The third kappa shape index (κ3) is 3.43. The van der Waals surface area contributed by atoms with Gasteiger partial charge in [0, 0.05) is 18.0 Å². The van der Waals surface area contributed by atoms with Gasteiger partial charge in [0.2, 0.25) is 5.91 Å². The topological polar surface area (TPSA) is 46.4 Å². The van der Waals surface area contributed by atoms with E-state index >= 15 is 0 Å². The molecule has 3 aromatic rings. The normalized spacial score (nSPS) is 11.2. The van der Waals surface area contributed by atoms with Crippen LogP contribution in [-0.2, 0) is 11.2 Å². The number of carbonyl (C=O) groups is 1. The molecule has 0 unspecified atom stereocenters. The van der Waals surface area contributed by atoms with Gasteiger partial charge in [-0.2, -0.15) is 0 Å². The first-order valence-electron chi connectivity index (χ1n) is 7.38. The van der Waals surface area contributed by atoms with E-state index < -0.39 is 0 Å². The minimum absolute atomic E-state index is 0.208. The van der Waals surface area contributed by atoms with Gasteiger partial charge in [-0.05, 0) is 42.3 Å². The summed E-state index contributed by atoms with van der Waals surface area (Å²) in [5, 5.41) is 3.22. The number of aryl methyl sites for hydroxylation is 1. The fraction of sp³-hybridized carbons (Fsp3) is 0.111. The molecule has 23 heavy (non-hydrogen) atoms. The van der Waals surface area contributed by atoms with Crippen LogP contribution in [-0.4, -0.2) is 15.3 Å². The summed E-state index contributed by atoms with van der Waals surface area (Å²) in [4.78, 5) is 16.3. The Hall–Kier alpha value is -2.59. The highest BCUT2D eigenvalue weighted by atomic mass is 35.5. The average molecular weight is 326 g/mol. The van der Waals surface area contributed by atoms with Crippen molar-refractivity contribution in [1.29, 1.82) is 0 Å². The molecule has 4 nitrogen and oxygen atoms in total. The predicted molar refractivity (Wildman–Crippen MR) is 93.7 cm³/mol. The summed E-state index contributed by atoms with van der Waals surface area (Å²) in [5.74, 6) is -0.208. The van der Waals surface area contributed by atoms with Crippen molar-refractivity contribution in [2.24, 2.45) is 0 Å². The molecule has 0 atom stereocenters. The number of hydrogen-bond acceptors (Lipinski definition) is 2. The highest BCUT2D eigenvalue weighted by molar-refractivity contribution is 6.31. The molecular formula is C18H16ClN3O. The molecule has 0 bridgehead atoms. The highest BCUT2D eigenvalue weighted by Crippen LogP contribution is 2.19. The van der Waals surface area contributed by atoms with Crippen molar-refractivity contribution >= 4 is 34.9 Å². The number of nitrogens with one attached hydrogen (secondary N) is 1. The zero-order chi connectivity index (χ0) is 16.2. The average Bonchev–Trinajstić information content (AvgIpc) is 2.88. The van der Waals surface area contributed by atoms with Gasteiger partial charge in [0.1, 0.15) is 5.65 Å². The molecule has 0 aliphatic heterocycles. The number of rotatable bonds is 4. The van der Waals surface area contributed by atoms with Crippen molar-refractivity contribution in [3.8, 4) is 0 Å². The van der Waals surface area contributed by atoms with Crippen LogP contribution in [0, 0.1) is 0 Å². The van der Waals surface area contributed by atoms with E-state index in [1.165, 1.54) is 11.6 Å². The summed E-state index contributed by atoms with van der Waals surface area (Å²) >= 11 is 6.14. The number of pyridine rings is 1. The van der Waals surface area contributed by atoms with Crippen molar-refractivity contribution < 1.29 is 4.79 Å². The molecule has 1 amide bonds. The number of anilines is 1. The van der Waals surface area contributed by atoms with E-state index in [0.29, 0.717) is 10.8 Å². The van der Waals surface area contributed by atoms with Crippen LogP contribution in [0.4, 0.5) is 5.69 Å². The van der Waals surface area contributed by atoms with Gasteiger partial charge >= 0.3 is 0 Å². The summed E-state index contributed by atoms with van der Waals surface area (Å²) in [5.41, 5.74) is 3.38. The van der Waals surface area contributed by atoms with E-state index in [-0.39, 0.29) is 5.91 Å². The maximum Gasteiger partial charge on any atom is 0.248 e. The second-order valence-electron chi connectivity index (χ2n) is 5.09. The number of fused-ring (bicyclic) bond motifs is 1. The number of benzene rings is 1. The number of carbonyl (C=O) groups excluding carboxylic acids is 1. The lowest BCUT2D eigenvalue weighted by atomic mass is 10.1. The van der Waals surface area contributed by atoms with E-state index in [2.05, 4.69) is 17.2 Å². The van der Waals surface area contributed by atoms with Gasteiger partial charge in [0.15, 0.2) is 5.15 Å². The largest absolute Gasteiger partial charge is 0.323 e. The van der Waals surface area contributed by atoms with Gasteiger partial charge in [-0.25, -0.2) is 4.98 Å². The van der Waals surface area contributed by atoms with Crippen molar-refractivity contribution in [2.45, 2.75) is 13.3 Å². The quantitative estimate of drug-likeness (QED) is 0.731. The third-order valence-corrected chi connectivity index (χ3v) is 3.80. The summed E-state index contributed by atoms with van der Waals surface area (Å²) < 4.78 is 1.84. The molecule has 0 saturated heterocycles. The van der Waals surface area contributed by atoms with Crippen LogP contribution in [0.15, 0.2) is 54.7 Å². The first kappa shape index (κ1) is 15.3. The minimum atomic E-state index is -0.208. The SMILES string of the molecule is CCc1cccc(NC(=O)/C=C/c2c(Cl)nc3ccccn23)c1. The Morgan fingerprint density at radius 1 is 1.30 bits per heavy atom. The highest BCUT2D eigenvalue weighted by Gasteiger charge is 2.07. The van der Waals surface area contributed by atoms with Crippen LogP contribution >= 0.6 is 11.6 Å². The van der Waals surface area contributed by atoms with Gasteiger partial charge in [-0.3, -0.25) is 9.20 Å². The van der Waals surface area contributed by atoms with E-state index in [1.807, 2.05) is 53.1 Å². The first-order valence-corrected chi connectivity index (χ1v) is 7.76. The van der Waals surface area contributed by atoms with Crippen molar-refractivity contribution in [2.75, 3.05) is 5.32 Å². The van der Waals surface area contributed by atoms with Gasteiger partial charge in [0.25, 0.3) is 0 Å². The first-order chi connectivity index (χ1) is 11.2. The van der Waals surface area contributed by atoms with Crippen LogP contribution in [0.3, 0.4) is 0 Å². The molecule has 0 saturated carbocycles. The van der Waals surface area contributed by atoms with Gasteiger partial charge in [0.05, 0.1) is 5.69 Å². The standard InChI is InChI=1S/C18H16ClN3O/c1-2-13-6-5-7-14(12-13)20-17(23)10-9-15-18(19)21-16-8-3-4-11-22(15)16/h3-12H,2H2,1H3,(H,20,23)/b10-9+. The van der Waals surface area contributed by atoms with Crippen LogP contribution in [0.5, 0.6) is 0 Å². The lowest BCUT2D eigenvalue weighted by molar-refractivity contribution is -0.111. The fourth-order valence-corrected chi connectivity index (χ4v) is 2.58.